The molecule has 1 aliphatic rings. The molecule has 1 fully saturated rings. The van der Waals surface area contributed by atoms with Gasteiger partial charge in [0, 0.05) is 19.1 Å². The number of halogens is 1. The maximum absolute atomic E-state index is 14.5. The zero-order chi connectivity index (χ0) is 14.5. The summed E-state index contributed by atoms with van der Waals surface area (Å²) in [6.45, 7) is 6.07. The maximum Gasteiger partial charge on any atom is 0.146 e. The highest BCUT2D eigenvalue weighted by Gasteiger charge is 2.26. The molecule has 2 rings (SSSR count). The van der Waals surface area contributed by atoms with E-state index in [1.807, 2.05) is 19.2 Å². The molecule has 2 nitrogen and oxygen atoms in total. The minimum absolute atomic E-state index is 0.0784. The molecule has 1 N–H and O–H groups in total. The van der Waals surface area contributed by atoms with Gasteiger partial charge in [-0.2, -0.15) is 0 Å². The quantitative estimate of drug-likeness (QED) is 0.847. The summed E-state index contributed by atoms with van der Waals surface area (Å²) < 4.78 is 14.5. The van der Waals surface area contributed by atoms with Gasteiger partial charge < -0.3 is 10.2 Å². The van der Waals surface area contributed by atoms with Gasteiger partial charge in [0.2, 0.25) is 0 Å². The Morgan fingerprint density at radius 1 is 1.30 bits per heavy atom. The minimum Gasteiger partial charge on any atom is -0.366 e. The lowest BCUT2D eigenvalue weighted by molar-refractivity contribution is 0.517. The van der Waals surface area contributed by atoms with Gasteiger partial charge in [-0.05, 0) is 37.4 Å². The summed E-state index contributed by atoms with van der Waals surface area (Å²) >= 11 is 0. The van der Waals surface area contributed by atoms with E-state index in [1.54, 1.807) is 6.07 Å². The average molecular weight is 278 g/mol. The largest absolute Gasteiger partial charge is 0.366 e. The molecule has 0 radical (unpaired) electrons. The predicted molar refractivity (Wildman–Crippen MR) is 83.6 cm³/mol. The van der Waals surface area contributed by atoms with Crippen molar-refractivity contribution in [3.63, 3.8) is 0 Å². The molecule has 20 heavy (non-hydrogen) atoms. The second-order valence-corrected chi connectivity index (χ2v) is 6.26. The van der Waals surface area contributed by atoms with Gasteiger partial charge in [0.15, 0.2) is 0 Å². The fourth-order valence-corrected chi connectivity index (χ4v) is 3.25. The van der Waals surface area contributed by atoms with Crippen molar-refractivity contribution in [2.45, 2.75) is 52.1 Å². The molecule has 0 saturated heterocycles. The van der Waals surface area contributed by atoms with E-state index in [4.69, 9.17) is 0 Å². The van der Waals surface area contributed by atoms with Crippen molar-refractivity contribution >= 4 is 5.69 Å². The van der Waals surface area contributed by atoms with Crippen LogP contribution in [0.25, 0.3) is 0 Å². The van der Waals surface area contributed by atoms with Crippen LogP contribution in [0.4, 0.5) is 10.1 Å². The molecule has 1 saturated carbocycles. The van der Waals surface area contributed by atoms with Crippen molar-refractivity contribution in [2.24, 2.45) is 5.92 Å². The normalized spacial score (nSPS) is 16.1. The van der Waals surface area contributed by atoms with Crippen molar-refractivity contribution < 1.29 is 4.39 Å². The Kier molecular flexibility index (Phi) is 5.41. The monoisotopic (exact) mass is 278 g/mol. The Labute approximate surface area is 122 Å². The molecular formula is C17H27FN2. The number of anilines is 1. The third-order valence-electron chi connectivity index (χ3n) is 4.05. The van der Waals surface area contributed by atoms with Gasteiger partial charge in [-0.15, -0.1) is 0 Å². The first-order chi connectivity index (χ1) is 9.63. The fourth-order valence-electron chi connectivity index (χ4n) is 3.25. The van der Waals surface area contributed by atoms with Crippen LogP contribution in [0.1, 0.15) is 45.1 Å². The van der Waals surface area contributed by atoms with Crippen LogP contribution in [0.2, 0.25) is 0 Å². The lowest BCUT2D eigenvalue weighted by Gasteiger charge is -2.34. The summed E-state index contributed by atoms with van der Waals surface area (Å²) in [6.07, 6.45) is 4.93. The number of para-hydroxylation sites is 1. The standard InChI is InChI=1S/C17H27FN2/c1-13(2)12-20(15-8-4-5-9-15)17-14(11-19-3)7-6-10-16(17)18/h6-7,10,13,15,19H,4-5,8-9,11-12H2,1-3H3. The van der Waals surface area contributed by atoms with E-state index >= 15 is 0 Å². The molecule has 0 aliphatic heterocycles. The van der Waals surface area contributed by atoms with Crippen LogP contribution >= 0.6 is 0 Å². The van der Waals surface area contributed by atoms with Gasteiger partial charge in [0.1, 0.15) is 5.82 Å². The highest BCUT2D eigenvalue weighted by atomic mass is 19.1. The Balaban J connectivity index is 2.35. The van der Waals surface area contributed by atoms with Crippen molar-refractivity contribution in [2.75, 3.05) is 18.5 Å². The first-order valence-electron chi connectivity index (χ1n) is 7.82. The third-order valence-corrected chi connectivity index (χ3v) is 4.05. The van der Waals surface area contributed by atoms with Crippen LogP contribution in [-0.2, 0) is 6.54 Å². The average Bonchev–Trinajstić information content (AvgIpc) is 2.91. The summed E-state index contributed by atoms with van der Waals surface area (Å²) in [4.78, 5) is 2.33. The second-order valence-electron chi connectivity index (χ2n) is 6.26. The third kappa shape index (κ3) is 3.51. The van der Waals surface area contributed by atoms with Crippen LogP contribution in [0, 0.1) is 11.7 Å². The molecule has 1 aromatic rings. The molecule has 0 spiro atoms. The molecule has 0 atom stereocenters. The zero-order valence-electron chi connectivity index (χ0n) is 13.0. The summed E-state index contributed by atoms with van der Waals surface area (Å²) in [5, 5.41) is 3.16. The van der Waals surface area contributed by atoms with Crippen LogP contribution < -0.4 is 10.2 Å². The highest BCUT2D eigenvalue weighted by molar-refractivity contribution is 5.56. The number of nitrogens with one attached hydrogen (secondary N) is 1. The van der Waals surface area contributed by atoms with Crippen molar-refractivity contribution in [1.82, 2.24) is 5.32 Å². The molecule has 0 heterocycles. The number of hydrogen-bond acceptors (Lipinski definition) is 2. The molecular weight excluding hydrogens is 251 g/mol. The van der Waals surface area contributed by atoms with Crippen LogP contribution in [-0.4, -0.2) is 19.6 Å². The number of benzene rings is 1. The van der Waals surface area contributed by atoms with E-state index in [2.05, 4.69) is 24.1 Å². The van der Waals surface area contributed by atoms with E-state index in [9.17, 15) is 4.39 Å². The van der Waals surface area contributed by atoms with E-state index in [0.29, 0.717) is 18.5 Å². The molecule has 1 aliphatic carbocycles. The molecule has 0 unspecified atom stereocenters. The highest BCUT2D eigenvalue weighted by Crippen LogP contribution is 2.33. The lowest BCUT2D eigenvalue weighted by Crippen LogP contribution is -2.38. The first kappa shape index (κ1) is 15.3. The number of nitrogens with zero attached hydrogens (tertiary/aromatic N) is 1. The van der Waals surface area contributed by atoms with E-state index in [0.717, 1.165) is 17.8 Å². The van der Waals surface area contributed by atoms with Crippen molar-refractivity contribution in [1.29, 1.82) is 0 Å². The molecule has 1 aromatic carbocycles. The Morgan fingerprint density at radius 2 is 2.00 bits per heavy atom. The van der Waals surface area contributed by atoms with Gasteiger partial charge in [-0.3, -0.25) is 0 Å². The molecule has 0 aromatic heterocycles. The molecule has 112 valence electrons. The van der Waals surface area contributed by atoms with Crippen molar-refractivity contribution in [3.8, 4) is 0 Å². The minimum atomic E-state index is -0.0784. The van der Waals surface area contributed by atoms with Gasteiger partial charge in [0.05, 0.1) is 5.69 Å². The lowest BCUT2D eigenvalue weighted by atomic mass is 10.1. The topological polar surface area (TPSA) is 15.3 Å². The van der Waals surface area contributed by atoms with Gasteiger partial charge in [0.25, 0.3) is 0 Å². The molecule has 0 bridgehead atoms. The van der Waals surface area contributed by atoms with E-state index < -0.39 is 0 Å². The van der Waals surface area contributed by atoms with Gasteiger partial charge >= 0.3 is 0 Å². The summed E-state index contributed by atoms with van der Waals surface area (Å²) in [7, 11) is 1.91. The Morgan fingerprint density at radius 3 is 2.60 bits per heavy atom. The summed E-state index contributed by atoms with van der Waals surface area (Å²) in [5.41, 5.74) is 1.89. The maximum atomic E-state index is 14.5. The van der Waals surface area contributed by atoms with Crippen LogP contribution in [0.15, 0.2) is 18.2 Å². The molecule has 3 heteroatoms. The van der Waals surface area contributed by atoms with Crippen LogP contribution in [0.3, 0.4) is 0 Å². The van der Waals surface area contributed by atoms with E-state index in [1.165, 1.54) is 25.7 Å². The summed E-state index contributed by atoms with van der Waals surface area (Å²) in [6, 6.07) is 5.95. The first-order valence-corrected chi connectivity index (χ1v) is 7.82. The molecule has 0 amide bonds. The Bertz CT molecular complexity index is 425. The number of hydrogen-bond donors (Lipinski definition) is 1. The Hall–Kier alpha value is -1.09. The SMILES string of the molecule is CNCc1cccc(F)c1N(CC(C)C)C1CCCC1. The van der Waals surface area contributed by atoms with Crippen LogP contribution in [0.5, 0.6) is 0 Å². The predicted octanol–water partition coefficient (Wildman–Crippen LogP) is 3.95. The number of rotatable bonds is 6. The second kappa shape index (κ2) is 7.07. The van der Waals surface area contributed by atoms with Gasteiger partial charge in [-0.25, -0.2) is 4.39 Å². The smallest absolute Gasteiger partial charge is 0.146 e. The zero-order valence-corrected chi connectivity index (χ0v) is 13.0. The fraction of sp³-hybridized carbons (Fsp3) is 0.647. The van der Waals surface area contributed by atoms with Gasteiger partial charge in [-0.1, -0.05) is 38.8 Å². The van der Waals surface area contributed by atoms with E-state index in [-0.39, 0.29) is 5.82 Å². The van der Waals surface area contributed by atoms with Crippen molar-refractivity contribution in [3.05, 3.63) is 29.6 Å². The summed E-state index contributed by atoms with van der Waals surface area (Å²) in [5.74, 6) is 0.461.